The van der Waals surface area contributed by atoms with Gasteiger partial charge in [0.2, 0.25) is 0 Å². The minimum Gasteiger partial charge on any atom is -0.399 e. The van der Waals surface area contributed by atoms with Crippen LogP contribution >= 0.6 is 11.6 Å². The van der Waals surface area contributed by atoms with Crippen molar-refractivity contribution < 1.29 is 4.79 Å². The van der Waals surface area contributed by atoms with Gasteiger partial charge in [-0.3, -0.25) is 4.79 Å². The van der Waals surface area contributed by atoms with Crippen molar-refractivity contribution >= 4 is 28.9 Å². The summed E-state index contributed by atoms with van der Waals surface area (Å²) < 4.78 is 0. The average molecular weight is 289 g/mol. The smallest absolute Gasteiger partial charge is 0.257 e. The van der Waals surface area contributed by atoms with Gasteiger partial charge >= 0.3 is 0 Å². The van der Waals surface area contributed by atoms with E-state index in [4.69, 9.17) is 17.3 Å². The zero-order chi connectivity index (χ0) is 14.9. The van der Waals surface area contributed by atoms with Crippen LogP contribution in [0.5, 0.6) is 0 Å². The molecule has 3 N–H and O–H groups in total. The molecule has 0 aliphatic heterocycles. The molecule has 20 heavy (non-hydrogen) atoms. The molecule has 0 atom stereocenters. The predicted octanol–water partition coefficient (Wildman–Crippen LogP) is 4.10. The Balaban J connectivity index is 2.33. The summed E-state index contributed by atoms with van der Waals surface area (Å²) in [7, 11) is 0. The predicted molar refractivity (Wildman–Crippen MR) is 84.5 cm³/mol. The Hall–Kier alpha value is -2.00. The Labute approximate surface area is 123 Å². The van der Waals surface area contributed by atoms with Gasteiger partial charge in [-0.1, -0.05) is 23.7 Å². The van der Waals surface area contributed by atoms with E-state index in [0.29, 0.717) is 16.3 Å². The standard InChI is InChI=1S/C16H17ClN2O/c1-9-5-4-6-12(15(9)17)16(20)19-14-8-10(2)13(18)7-11(14)3/h4-8H,18H2,1-3H3,(H,19,20). The number of hydrogen-bond donors (Lipinski definition) is 2. The first-order valence-corrected chi connectivity index (χ1v) is 6.71. The fourth-order valence-electron chi connectivity index (χ4n) is 1.99. The Morgan fingerprint density at radius 1 is 1.10 bits per heavy atom. The second kappa shape index (κ2) is 5.55. The van der Waals surface area contributed by atoms with Gasteiger partial charge in [0.15, 0.2) is 0 Å². The molecule has 0 radical (unpaired) electrons. The van der Waals surface area contributed by atoms with Gasteiger partial charge < -0.3 is 11.1 Å². The summed E-state index contributed by atoms with van der Waals surface area (Å²) in [6, 6.07) is 9.12. The molecule has 3 nitrogen and oxygen atoms in total. The van der Waals surface area contributed by atoms with Crippen molar-refractivity contribution in [1.29, 1.82) is 0 Å². The number of aryl methyl sites for hydroxylation is 3. The lowest BCUT2D eigenvalue weighted by atomic mass is 10.1. The van der Waals surface area contributed by atoms with Crippen LogP contribution in [0.15, 0.2) is 30.3 Å². The van der Waals surface area contributed by atoms with Crippen LogP contribution in [0.2, 0.25) is 5.02 Å². The van der Waals surface area contributed by atoms with Crippen LogP contribution in [0.1, 0.15) is 27.0 Å². The molecule has 2 aromatic rings. The number of nitrogens with two attached hydrogens (primary N) is 1. The van der Waals surface area contributed by atoms with E-state index in [-0.39, 0.29) is 5.91 Å². The first-order valence-electron chi connectivity index (χ1n) is 6.33. The summed E-state index contributed by atoms with van der Waals surface area (Å²) in [5, 5.41) is 3.36. The van der Waals surface area contributed by atoms with Crippen LogP contribution < -0.4 is 11.1 Å². The fraction of sp³-hybridized carbons (Fsp3) is 0.188. The molecule has 2 aromatic carbocycles. The number of carbonyl (C=O) groups is 1. The highest BCUT2D eigenvalue weighted by Gasteiger charge is 2.13. The number of amides is 1. The third-order valence-corrected chi connectivity index (χ3v) is 3.80. The van der Waals surface area contributed by atoms with Crippen LogP contribution in [-0.2, 0) is 0 Å². The Kier molecular flexibility index (Phi) is 4.00. The van der Waals surface area contributed by atoms with E-state index >= 15 is 0 Å². The first kappa shape index (κ1) is 14.4. The van der Waals surface area contributed by atoms with Crippen molar-refractivity contribution in [1.82, 2.24) is 0 Å². The first-order chi connectivity index (χ1) is 9.40. The van der Waals surface area contributed by atoms with Crippen molar-refractivity contribution in [2.75, 3.05) is 11.1 Å². The molecule has 2 rings (SSSR count). The van der Waals surface area contributed by atoms with E-state index in [1.165, 1.54) is 0 Å². The lowest BCUT2D eigenvalue weighted by Crippen LogP contribution is -2.14. The second-order valence-electron chi connectivity index (χ2n) is 4.91. The molecule has 0 aromatic heterocycles. The Morgan fingerprint density at radius 3 is 2.50 bits per heavy atom. The van der Waals surface area contributed by atoms with Gasteiger partial charge in [-0.25, -0.2) is 0 Å². The normalized spacial score (nSPS) is 10.4. The SMILES string of the molecule is Cc1cc(NC(=O)c2cccc(C)c2Cl)c(C)cc1N. The van der Waals surface area contributed by atoms with Gasteiger partial charge in [0, 0.05) is 11.4 Å². The fourth-order valence-corrected chi connectivity index (χ4v) is 2.20. The molecular weight excluding hydrogens is 272 g/mol. The number of benzene rings is 2. The number of anilines is 2. The molecule has 0 saturated heterocycles. The van der Waals surface area contributed by atoms with E-state index in [0.717, 1.165) is 22.4 Å². The van der Waals surface area contributed by atoms with E-state index in [9.17, 15) is 4.79 Å². The van der Waals surface area contributed by atoms with Crippen LogP contribution in [0.4, 0.5) is 11.4 Å². The highest BCUT2D eigenvalue weighted by Crippen LogP contribution is 2.25. The van der Waals surface area contributed by atoms with Crippen LogP contribution in [0.25, 0.3) is 0 Å². The summed E-state index contributed by atoms with van der Waals surface area (Å²) in [4.78, 5) is 12.3. The second-order valence-corrected chi connectivity index (χ2v) is 5.29. The van der Waals surface area contributed by atoms with E-state index in [1.807, 2.05) is 45.0 Å². The lowest BCUT2D eigenvalue weighted by Gasteiger charge is -2.12. The summed E-state index contributed by atoms with van der Waals surface area (Å²) in [6.07, 6.45) is 0. The number of halogens is 1. The molecule has 0 unspecified atom stereocenters. The third kappa shape index (κ3) is 2.78. The van der Waals surface area contributed by atoms with Gasteiger partial charge in [0.25, 0.3) is 5.91 Å². The maximum Gasteiger partial charge on any atom is 0.257 e. The molecule has 104 valence electrons. The quantitative estimate of drug-likeness (QED) is 0.818. The molecule has 0 aliphatic rings. The molecule has 0 aliphatic carbocycles. The van der Waals surface area contributed by atoms with E-state index in [2.05, 4.69) is 5.32 Å². The van der Waals surface area contributed by atoms with Crippen LogP contribution in [-0.4, -0.2) is 5.91 Å². The molecule has 0 spiro atoms. The van der Waals surface area contributed by atoms with Gasteiger partial charge in [-0.05, 0) is 55.7 Å². The maximum atomic E-state index is 12.3. The van der Waals surface area contributed by atoms with E-state index in [1.54, 1.807) is 6.07 Å². The monoisotopic (exact) mass is 288 g/mol. The maximum absolute atomic E-state index is 12.3. The highest BCUT2D eigenvalue weighted by molar-refractivity contribution is 6.35. The summed E-state index contributed by atoms with van der Waals surface area (Å²) in [6.45, 7) is 5.69. The van der Waals surface area contributed by atoms with Gasteiger partial charge in [0.05, 0.1) is 10.6 Å². The van der Waals surface area contributed by atoms with Crippen molar-refractivity contribution in [2.24, 2.45) is 0 Å². The third-order valence-electron chi connectivity index (χ3n) is 3.30. The number of nitrogen functional groups attached to an aromatic ring is 1. The molecule has 0 bridgehead atoms. The largest absolute Gasteiger partial charge is 0.399 e. The van der Waals surface area contributed by atoms with Crippen molar-refractivity contribution in [2.45, 2.75) is 20.8 Å². The Bertz CT molecular complexity index is 680. The zero-order valence-corrected chi connectivity index (χ0v) is 12.5. The topological polar surface area (TPSA) is 55.1 Å². The molecule has 4 heteroatoms. The molecule has 0 fully saturated rings. The number of carbonyl (C=O) groups excluding carboxylic acids is 1. The zero-order valence-electron chi connectivity index (χ0n) is 11.8. The molecular formula is C16H17ClN2O. The summed E-state index contributed by atoms with van der Waals surface area (Å²) in [5.74, 6) is -0.217. The summed E-state index contributed by atoms with van der Waals surface area (Å²) in [5.41, 5.74) is 10.5. The number of hydrogen-bond acceptors (Lipinski definition) is 2. The van der Waals surface area contributed by atoms with Crippen molar-refractivity contribution in [3.8, 4) is 0 Å². The van der Waals surface area contributed by atoms with Crippen molar-refractivity contribution in [3.63, 3.8) is 0 Å². The summed E-state index contributed by atoms with van der Waals surface area (Å²) >= 11 is 6.17. The highest BCUT2D eigenvalue weighted by atomic mass is 35.5. The van der Waals surface area contributed by atoms with Gasteiger partial charge in [-0.15, -0.1) is 0 Å². The van der Waals surface area contributed by atoms with Crippen molar-refractivity contribution in [3.05, 3.63) is 57.6 Å². The van der Waals surface area contributed by atoms with Gasteiger partial charge in [0.1, 0.15) is 0 Å². The van der Waals surface area contributed by atoms with E-state index < -0.39 is 0 Å². The van der Waals surface area contributed by atoms with Gasteiger partial charge in [-0.2, -0.15) is 0 Å². The number of rotatable bonds is 2. The van der Waals surface area contributed by atoms with Crippen LogP contribution in [0, 0.1) is 20.8 Å². The molecule has 0 heterocycles. The molecule has 0 saturated carbocycles. The average Bonchev–Trinajstić information content (AvgIpc) is 2.39. The van der Waals surface area contributed by atoms with Crippen LogP contribution in [0.3, 0.4) is 0 Å². The lowest BCUT2D eigenvalue weighted by molar-refractivity contribution is 0.102. The minimum absolute atomic E-state index is 0.217. The molecule has 1 amide bonds. The number of nitrogens with one attached hydrogen (secondary N) is 1. The minimum atomic E-state index is -0.217. The Morgan fingerprint density at radius 2 is 1.80 bits per heavy atom.